The molecule has 0 radical (unpaired) electrons. The van der Waals surface area contributed by atoms with Crippen LogP contribution in [0.1, 0.15) is 36.9 Å². The minimum atomic E-state index is -0.174. The van der Waals surface area contributed by atoms with Crippen LogP contribution in [0.25, 0.3) is 0 Å². The average Bonchev–Trinajstić information content (AvgIpc) is 2.78. The molecule has 2 saturated heterocycles. The van der Waals surface area contributed by atoms with Gasteiger partial charge in [0.1, 0.15) is 5.82 Å². The zero-order valence-electron chi connectivity index (χ0n) is 18.3. The van der Waals surface area contributed by atoms with Crippen LogP contribution in [0, 0.1) is 24.6 Å². The molecule has 0 bridgehead atoms. The monoisotopic (exact) mass is 425 g/mol. The Kier molecular flexibility index (Phi) is 7.12. The Morgan fingerprint density at radius 2 is 1.90 bits per heavy atom. The normalized spacial score (nSPS) is 18.8. The number of carbonyl (C=O) groups is 1. The van der Waals surface area contributed by atoms with Crippen molar-refractivity contribution in [2.45, 2.75) is 39.2 Å². The molecule has 0 spiro atoms. The van der Waals surface area contributed by atoms with Gasteiger partial charge >= 0.3 is 0 Å². The molecule has 2 aromatic rings. The maximum Gasteiger partial charge on any atom is 0.225 e. The number of nitrogens with one attached hydrogen (secondary N) is 1. The molecule has 3 heterocycles. The van der Waals surface area contributed by atoms with E-state index in [0.717, 1.165) is 82.2 Å². The molecule has 1 N–H and O–H groups in total. The van der Waals surface area contributed by atoms with Crippen LogP contribution in [0.3, 0.4) is 0 Å². The SMILES string of the molecule is Cc1ccnc(N2CCC(C(=O)NCC3CCN(Cc4cccc(F)c4)CC3)CC2)n1. The lowest BCUT2D eigenvalue weighted by Crippen LogP contribution is -2.43. The predicted octanol–water partition coefficient (Wildman–Crippen LogP) is 3.17. The van der Waals surface area contributed by atoms with Crippen molar-refractivity contribution < 1.29 is 9.18 Å². The van der Waals surface area contributed by atoms with E-state index >= 15 is 0 Å². The van der Waals surface area contributed by atoms with Crippen molar-refractivity contribution in [3.8, 4) is 0 Å². The van der Waals surface area contributed by atoms with E-state index in [-0.39, 0.29) is 17.6 Å². The van der Waals surface area contributed by atoms with Gasteiger partial charge in [-0.3, -0.25) is 9.69 Å². The summed E-state index contributed by atoms with van der Waals surface area (Å²) < 4.78 is 13.4. The standard InChI is InChI=1S/C24H32FN5O/c1-18-5-10-26-24(28-18)30-13-8-21(9-14-30)23(31)27-16-19-6-11-29(12-7-19)17-20-3-2-4-22(25)15-20/h2-5,10,15,19,21H,6-9,11-14,16-17H2,1H3,(H,27,31). The maximum absolute atomic E-state index is 13.4. The number of likely N-dealkylation sites (tertiary alicyclic amines) is 1. The third kappa shape index (κ3) is 6.00. The van der Waals surface area contributed by atoms with Gasteiger partial charge in [-0.05, 0) is 75.4 Å². The minimum Gasteiger partial charge on any atom is -0.356 e. The van der Waals surface area contributed by atoms with E-state index in [0.29, 0.717) is 5.92 Å². The van der Waals surface area contributed by atoms with Gasteiger partial charge in [-0.2, -0.15) is 0 Å². The lowest BCUT2D eigenvalue weighted by Gasteiger charge is -2.33. The number of hydrogen-bond acceptors (Lipinski definition) is 5. The van der Waals surface area contributed by atoms with Gasteiger partial charge in [0.05, 0.1) is 0 Å². The van der Waals surface area contributed by atoms with Crippen molar-refractivity contribution in [2.75, 3.05) is 37.6 Å². The number of hydrogen-bond donors (Lipinski definition) is 1. The Morgan fingerprint density at radius 3 is 2.61 bits per heavy atom. The molecule has 1 aromatic carbocycles. The van der Waals surface area contributed by atoms with Crippen molar-refractivity contribution in [3.63, 3.8) is 0 Å². The molecule has 1 aromatic heterocycles. The highest BCUT2D eigenvalue weighted by Gasteiger charge is 2.27. The van der Waals surface area contributed by atoms with E-state index in [1.54, 1.807) is 18.3 Å². The second kappa shape index (κ2) is 10.2. The first-order chi connectivity index (χ1) is 15.1. The van der Waals surface area contributed by atoms with Crippen LogP contribution < -0.4 is 10.2 Å². The number of aryl methyl sites for hydroxylation is 1. The van der Waals surface area contributed by atoms with Gasteiger partial charge in [0.15, 0.2) is 0 Å². The summed E-state index contributed by atoms with van der Waals surface area (Å²) in [5.74, 6) is 1.38. The van der Waals surface area contributed by atoms with E-state index in [2.05, 4.69) is 25.1 Å². The fourth-order valence-corrected chi connectivity index (χ4v) is 4.56. The molecule has 0 atom stereocenters. The number of aromatic nitrogens is 2. The Labute approximate surface area is 183 Å². The molecule has 0 unspecified atom stereocenters. The van der Waals surface area contributed by atoms with Crippen LogP contribution in [-0.2, 0) is 11.3 Å². The van der Waals surface area contributed by atoms with Crippen molar-refractivity contribution in [1.29, 1.82) is 0 Å². The van der Waals surface area contributed by atoms with Gasteiger partial charge < -0.3 is 10.2 Å². The predicted molar refractivity (Wildman–Crippen MR) is 119 cm³/mol. The molecule has 166 valence electrons. The fraction of sp³-hybridized carbons (Fsp3) is 0.542. The fourth-order valence-electron chi connectivity index (χ4n) is 4.56. The largest absolute Gasteiger partial charge is 0.356 e. The van der Waals surface area contributed by atoms with Crippen LogP contribution in [0.15, 0.2) is 36.5 Å². The van der Waals surface area contributed by atoms with Gasteiger partial charge in [0.2, 0.25) is 11.9 Å². The lowest BCUT2D eigenvalue weighted by molar-refractivity contribution is -0.125. The highest BCUT2D eigenvalue weighted by Crippen LogP contribution is 2.22. The van der Waals surface area contributed by atoms with E-state index < -0.39 is 0 Å². The van der Waals surface area contributed by atoms with E-state index in [1.807, 2.05) is 19.1 Å². The Morgan fingerprint density at radius 1 is 1.13 bits per heavy atom. The summed E-state index contributed by atoms with van der Waals surface area (Å²) in [6.45, 7) is 7.14. The highest BCUT2D eigenvalue weighted by atomic mass is 19.1. The first-order valence-corrected chi connectivity index (χ1v) is 11.4. The van der Waals surface area contributed by atoms with E-state index in [1.165, 1.54) is 6.07 Å². The summed E-state index contributed by atoms with van der Waals surface area (Å²) >= 11 is 0. The molecule has 6 nitrogen and oxygen atoms in total. The highest BCUT2D eigenvalue weighted by molar-refractivity contribution is 5.78. The zero-order valence-corrected chi connectivity index (χ0v) is 18.3. The van der Waals surface area contributed by atoms with Gasteiger partial charge in [-0.15, -0.1) is 0 Å². The van der Waals surface area contributed by atoms with Crippen LogP contribution in [0.4, 0.5) is 10.3 Å². The summed E-state index contributed by atoms with van der Waals surface area (Å²) in [5.41, 5.74) is 1.99. The van der Waals surface area contributed by atoms with Crippen molar-refractivity contribution >= 4 is 11.9 Å². The number of rotatable bonds is 6. The quantitative estimate of drug-likeness (QED) is 0.770. The topological polar surface area (TPSA) is 61.4 Å². The number of piperidine rings is 2. The average molecular weight is 426 g/mol. The Hall–Kier alpha value is -2.54. The first-order valence-electron chi connectivity index (χ1n) is 11.4. The van der Waals surface area contributed by atoms with Gasteiger partial charge in [0, 0.05) is 44.0 Å². The lowest BCUT2D eigenvalue weighted by atomic mass is 9.94. The molecule has 2 aliphatic heterocycles. The molecule has 0 aliphatic carbocycles. The smallest absolute Gasteiger partial charge is 0.225 e. The number of amides is 1. The molecule has 7 heteroatoms. The molecule has 31 heavy (non-hydrogen) atoms. The molecule has 1 amide bonds. The second-order valence-corrected chi connectivity index (χ2v) is 8.85. The molecular formula is C24H32FN5O. The minimum absolute atomic E-state index is 0.0779. The van der Waals surface area contributed by atoms with E-state index in [9.17, 15) is 9.18 Å². The zero-order chi connectivity index (χ0) is 21.6. The van der Waals surface area contributed by atoms with Crippen LogP contribution in [0.2, 0.25) is 0 Å². The molecule has 0 saturated carbocycles. The number of halogens is 1. The van der Waals surface area contributed by atoms with Crippen molar-refractivity contribution in [2.24, 2.45) is 11.8 Å². The summed E-state index contributed by atoms with van der Waals surface area (Å²) in [7, 11) is 0. The van der Waals surface area contributed by atoms with Gasteiger partial charge in [-0.25, -0.2) is 14.4 Å². The van der Waals surface area contributed by atoms with Crippen LogP contribution in [0.5, 0.6) is 0 Å². The van der Waals surface area contributed by atoms with Crippen molar-refractivity contribution in [3.05, 3.63) is 53.6 Å². The Balaban J connectivity index is 1.16. The van der Waals surface area contributed by atoms with E-state index in [4.69, 9.17) is 0 Å². The first kappa shape index (κ1) is 21.7. The second-order valence-electron chi connectivity index (χ2n) is 8.85. The molecule has 2 fully saturated rings. The van der Waals surface area contributed by atoms with Crippen LogP contribution >= 0.6 is 0 Å². The maximum atomic E-state index is 13.4. The molecular weight excluding hydrogens is 393 g/mol. The number of carbonyl (C=O) groups excluding carboxylic acids is 1. The number of nitrogens with zero attached hydrogens (tertiary/aromatic N) is 4. The van der Waals surface area contributed by atoms with Gasteiger partial charge in [-0.1, -0.05) is 12.1 Å². The third-order valence-corrected chi connectivity index (χ3v) is 6.50. The third-order valence-electron chi connectivity index (χ3n) is 6.50. The summed E-state index contributed by atoms with van der Waals surface area (Å²) in [6.07, 6.45) is 5.61. The van der Waals surface area contributed by atoms with Crippen LogP contribution in [-0.4, -0.2) is 53.5 Å². The summed E-state index contributed by atoms with van der Waals surface area (Å²) in [5, 5.41) is 3.20. The molecule has 4 rings (SSSR count). The summed E-state index contributed by atoms with van der Waals surface area (Å²) in [4.78, 5) is 26.1. The Bertz CT molecular complexity index is 876. The summed E-state index contributed by atoms with van der Waals surface area (Å²) in [6, 6.07) is 8.74. The van der Waals surface area contributed by atoms with Gasteiger partial charge in [0.25, 0.3) is 0 Å². The van der Waals surface area contributed by atoms with Crippen molar-refractivity contribution in [1.82, 2.24) is 20.2 Å². The number of anilines is 1. The number of benzene rings is 1. The molecule has 2 aliphatic rings.